The fourth-order valence-corrected chi connectivity index (χ4v) is 4.34. The highest BCUT2D eigenvalue weighted by molar-refractivity contribution is 8.00. The fourth-order valence-electron chi connectivity index (χ4n) is 3.17. The molecule has 1 saturated heterocycles. The van der Waals surface area contributed by atoms with Crippen LogP contribution < -0.4 is 10.2 Å². The van der Waals surface area contributed by atoms with Crippen LogP contribution in [0.15, 0.2) is 48.5 Å². The maximum atomic E-state index is 12.5. The predicted octanol–water partition coefficient (Wildman–Crippen LogP) is 4.06. The van der Waals surface area contributed by atoms with E-state index in [4.69, 9.17) is 4.74 Å². The molecule has 2 amide bonds. The Morgan fingerprint density at radius 2 is 1.97 bits per heavy atom. The second-order valence-electron chi connectivity index (χ2n) is 6.74. The van der Waals surface area contributed by atoms with Crippen LogP contribution in [0.5, 0.6) is 0 Å². The highest BCUT2D eigenvalue weighted by Gasteiger charge is 2.34. The van der Waals surface area contributed by atoms with Crippen LogP contribution in [0.1, 0.15) is 36.3 Å². The molecule has 1 aliphatic rings. The summed E-state index contributed by atoms with van der Waals surface area (Å²) in [6.07, 6.45) is 0.114. The Hall–Kier alpha value is -2.80. The number of amides is 2. The Balaban J connectivity index is 1.72. The first-order valence-electron chi connectivity index (χ1n) is 9.53. The molecule has 1 fully saturated rings. The van der Waals surface area contributed by atoms with Crippen molar-refractivity contribution in [3.63, 3.8) is 0 Å². The number of rotatable bonds is 7. The molecule has 0 aromatic heterocycles. The summed E-state index contributed by atoms with van der Waals surface area (Å²) in [5, 5.41) is 2.67. The molecule has 1 N–H and O–H groups in total. The molecule has 3 rings (SSSR count). The second kappa shape index (κ2) is 9.60. The highest BCUT2D eigenvalue weighted by Crippen LogP contribution is 2.42. The number of hydrogen-bond donors (Lipinski definition) is 1. The third-order valence-corrected chi connectivity index (χ3v) is 5.68. The molecule has 1 atom stereocenters. The third-order valence-electron chi connectivity index (χ3n) is 4.46. The van der Waals surface area contributed by atoms with Crippen molar-refractivity contribution in [1.29, 1.82) is 0 Å². The van der Waals surface area contributed by atoms with Gasteiger partial charge in [-0.1, -0.05) is 24.3 Å². The van der Waals surface area contributed by atoms with Crippen LogP contribution in [-0.2, 0) is 19.1 Å². The molecule has 0 aliphatic carbocycles. The molecule has 1 heterocycles. The number of nitrogens with one attached hydrogen (secondary N) is 1. The molecule has 0 bridgehead atoms. The van der Waals surface area contributed by atoms with Crippen LogP contribution in [0.3, 0.4) is 0 Å². The second-order valence-corrected chi connectivity index (χ2v) is 7.81. The smallest absolute Gasteiger partial charge is 0.306 e. The van der Waals surface area contributed by atoms with Gasteiger partial charge in [-0.05, 0) is 49.2 Å². The van der Waals surface area contributed by atoms with E-state index < -0.39 is 0 Å². The van der Waals surface area contributed by atoms with E-state index in [0.717, 1.165) is 16.8 Å². The number of thioether (sulfide) groups is 1. The molecular weight excluding hydrogens is 388 g/mol. The van der Waals surface area contributed by atoms with Gasteiger partial charge in [0.05, 0.1) is 18.8 Å². The molecule has 152 valence electrons. The van der Waals surface area contributed by atoms with Gasteiger partial charge in [0.1, 0.15) is 5.37 Å². The van der Waals surface area contributed by atoms with Gasteiger partial charge in [-0.3, -0.25) is 19.3 Å². The zero-order valence-corrected chi connectivity index (χ0v) is 17.3. The molecule has 2 aromatic carbocycles. The molecule has 1 aliphatic heterocycles. The summed E-state index contributed by atoms with van der Waals surface area (Å²) in [5.41, 5.74) is 3.54. The highest BCUT2D eigenvalue weighted by atomic mass is 32.2. The van der Waals surface area contributed by atoms with Gasteiger partial charge in [0.15, 0.2) is 0 Å². The lowest BCUT2D eigenvalue weighted by atomic mass is 10.1. The number of anilines is 2. The van der Waals surface area contributed by atoms with Crippen LogP contribution in [0.4, 0.5) is 11.4 Å². The van der Waals surface area contributed by atoms with Crippen molar-refractivity contribution >= 4 is 40.9 Å². The topological polar surface area (TPSA) is 75.7 Å². The van der Waals surface area contributed by atoms with E-state index >= 15 is 0 Å². The molecule has 0 spiro atoms. The molecule has 0 unspecified atom stereocenters. The number of ether oxygens (including phenoxy) is 1. The summed E-state index contributed by atoms with van der Waals surface area (Å²) < 4.78 is 4.84. The molecule has 2 aromatic rings. The van der Waals surface area contributed by atoms with Gasteiger partial charge in [-0.15, -0.1) is 11.8 Å². The Morgan fingerprint density at radius 3 is 2.72 bits per heavy atom. The summed E-state index contributed by atoms with van der Waals surface area (Å²) in [5.74, 6) is -0.157. The van der Waals surface area contributed by atoms with Crippen molar-refractivity contribution < 1.29 is 19.1 Å². The van der Waals surface area contributed by atoms with Gasteiger partial charge >= 0.3 is 5.97 Å². The van der Waals surface area contributed by atoms with Crippen molar-refractivity contribution in [1.82, 2.24) is 0 Å². The lowest BCUT2D eigenvalue weighted by Crippen LogP contribution is -2.27. The normalized spacial score (nSPS) is 16.0. The van der Waals surface area contributed by atoms with E-state index in [9.17, 15) is 14.4 Å². The molecule has 7 heteroatoms. The zero-order valence-electron chi connectivity index (χ0n) is 16.5. The van der Waals surface area contributed by atoms with Gasteiger partial charge in [-0.25, -0.2) is 0 Å². The van der Waals surface area contributed by atoms with E-state index in [-0.39, 0.29) is 36.0 Å². The molecule has 0 radical (unpaired) electrons. The first kappa shape index (κ1) is 20.9. The van der Waals surface area contributed by atoms with E-state index in [1.54, 1.807) is 29.7 Å². The summed E-state index contributed by atoms with van der Waals surface area (Å²) in [6, 6.07) is 15.4. The largest absolute Gasteiger partial charge is 0.466 e. The Bertz CT molecular complexity index is 915. The van der Waals surface area contributed by atoms with Crippen LogP contribution >= 0.6 is 11.8 Å². The summed E-state index contributed by atoms with van der Waals surface area (Å²) in [6.45, 7) is 4.03. The van der Waals surface area contributed by atoms with E-state index in [0.29, 0.717) is 18.0 Å². The molecule has 0 saturated carbocycles. The molecule has 29 heavy (non-hydrogen) atoms. The average Bonchev–Trinajstić information content (AvgIpc) is 3.08. The number of hydrogen-bond acceptors (Lipinski definition) is 5. The van der Waals surface area contributed by atoms with Gasteiger partial charge < -0.3 is 10.1 Å². The van der Waals surface area contributed by atoms with Crippen LogP contribution in [0, 0.1) is 6.92 Å². The predicted molar refractivity (Wildman–Crippen MR) is 115 cm³/mol. The summed E-state index contributed by atoms with van der Waals surface area (Å²) in [7, 11) is 0. The third kappa shape index (κ3) is 5.38. The van der Waals surface area contributed by atoms with Crippen molar-refractivity contribution in [2.24, 2.45) is 0 Å². The maximum absolute atomic E-state index is 12.5. The van der Waals surface area contributed by atoms with E-state index in [1.165, 1.54) is 0 Å². The van der Waals surface area contributed by atoms with Gasteiger partial charge in [-0.2, -0.15) is 0 Å². The van der Waals surface area contributed by atoms with Gasteiger partial charge in [0.25, 0.3) is 0 Å². The average molecular weight is 413 g/mol. The summed E-state index contributed by atoms with van der Waals surface area (Å²) in [4.78, 5) is 37.9. The molecule has 6 nitrogen and oxygen atoms in total. The first-order valence-corrected chi connectivity index (χ1v) is 10.6. The monoisotopic (exact) mass is 412 g/mol. The maximum Gasteiger partial charge on any atom is 0.306 e. The van der Waals surface area contributed by atoms with Crippen LogP contribution in [0.25, 0.3) is 0 Å². The van der Waals surface area contributed by atoms with Crippen molar-refractivity contribution in [2.45, 2.75) is 32.1 Å². The zero-order chi connectivity index (χ0) is 20.8. The van der Waals surface area contributed by atoms with Crippen molar-refractivity contribution in [3.05, 3.63) is 59.7 Å². The van der Waals surface area contributed by atoms with E-state index in [2.05, 4.69) is 5.32 Å². The number of esters is 1. The minimum absolute atomic E-state index is 0.0491. The number of aryl methyl sites for hydroxylation is 1. The standard InChI is InChI=1S/C22H24N2O4S/c1-3-28-21(27)11-10-19(25)23-17-8-5-7-16(13-17)22-24(20(26)14-29-22)18-9-4-6-15(2)12-18/h4-9,12-13,22H,3,10-11,14H2,1-2H3,(H,23,25)/t22-/m1/s1. The number of carbonyl (C=O) groups is 3. The Kier molecular flexibility index (Phi) is 6.93. The lowest BCUT2D eigenvalue weighted by molar-refractivity contribution is -0.144. The summed E-state index contributed by atoms with van der Waals surface area (Å²) >= 11 is 1.56. The van der Waals surface area contributed by atoms with Gasteiger partial charge in [0, 0.05) is 17.8 Å². The van der Waals surface area contributed by atoms with Crippen LogP contribution in [-0.4, -0.2) is 30.1 Å². The number of carbonyl (C=O) groups excluding carboxylic acids is 3. The Morgan fingerprint density at radius 1 is 1.17 bits per heavy atom. The Labute approximate surface area is 174 Å². The number of benzene rings is 2. The van der Waals surface area contributed by atoms with E-state index in [1.807, 2.05) is 49.4 Å². The van der Waals surface area contributed by atoms with Gasteiger partial charge in [0.2, 0.25) is 11.8 Å². The minimum Gasteiger partial charge on any atom is -0.466 e. The quantitative estimate of drug-likeness (QED) is 0.694. The molecular formula is C22H24N2O4S. The lowest BCUT2D eigenvalue weighted by Gasteiger charge is -2.25. The van der Waals surface area contributed by atoms with Crippen molar-refractivity contribution in [2.75, 3.05) is 22.6 Å². The SMILES string of the molecule is CCOC(=O)CCC(=O)Nc1cccc([C@H]2SCC(=O)N2c2cccc(C)c2)c1. The van der Waals surface area contributed by atoms with Crippen molar-refractivity contribution in [3.8, 4) is 0 Å². The minimum atomic E-state index is -0.383. The van der Waals surface area contributed by atoms with Crippen LogP contribution in [0.2, 0.25) is 0 Å². The fraction of sp³-hybridized carbons (Fsp3) is 0.318. The number of nitrogens with zero attached hydrogens (tertiary/aromatic N) is 1. The first-order chi connectivity index (χ1) is 14.0.